The standard InChI is InChI=1S/C17H31N3/c1-11(2)15-8-7-12(3)9-17(15)18-13(4)16-10-20(6)19-14(16)5/h10-13,15,17-18H,7-9H2,1-6H3. The molecule has 0 bridgehead atoms. The lowest BCUT2D eigenvalue weighted by Crippen LogP contribution is -2.43. The Kier molecular flexibility index (Phi) is 4.90. The summed E-state index contributed by atoms with van der Waals surface area (Å²) >= 11 is 0. The topological polar surface area (TPSA) is 29.9 Å². The van der Waals surface area contributed by atoms with Crippen LogP contribution in [0.4, 0.5) is 0 Å². The molecule has 1 aliphatic carbocycles. The highest BCUT2D eigenvalue weighted by atomic mass is 15.3. The summed E-state index contributed by atoms with van der Waals surface area (Å²) in [6.07, 6.45) is 6.23. The van der Waals surface area contributed by atoms with Crippen LogP contribution in [0, 0.1) is 24.7 Å². The van der Waals surface area contributed by atoms with E-state index in [1.165, 1.54) is 24.8 Å². The summed E-state index contributed by atoms with van der Waals surface area (Å²) in [7, 11) is 2.00. The van der Waals surface area contributed by atoms with Crippen molar-refractivity contribution >= 4 is 0 Å². The number of aromatic nitrogens is 2. The van der Waals surface area contributed by atoms with Crippen molar-refractivity contribution in [3.63, 3.8) is 0 Å². The van der Waals surface area contributed by atoms with Crippen LogP contribution in [0.25, 0.3) is 0 Å². The van der Waals surface area contributed by atoms with Gasteiger partial charge in [-0.25, -0.2) is 0 Å². The number of aryl methyl sites for hydroxylation is 2. The van der Waals surface area contributed by atoms with Crippen molar-refractivity contribution in [2.24, 2.45) is 24.8 Å². The fraction of sp³-hybridized carbons (Fsp3) is 0.824. The van der Waals surface area contributed by atoms with Crippen molar-refractivity contribution in [3.8, 4) is 0 Å². The van der Waals surface area contributed by atoms with Gasteiger partial charge >= 0.3 is 0 Å². The van der Waals surface area contributed by atoms with Crippen LogP contribution in [-0.2, 0) is 7.05 Å². The minimum absolute atomic E-state index is 0.389. The van der Waals surface area contributed by atoms with Crippen molar-refractivity contribution in [2.45, 2.75) is 66.0 Å². The smallest absolute Gasteiger partial charge is 0.0641 e. The molecule has 0 aromatic carbocycles. The zero-order valence-electron chi connectivity index (χ0n) is 14.0. The molecule has 4 unspecified atom stereocenters. The van der Waals surface area contributed by atoms with E-state index in [4.69, 9.17) is 0 Å². The third-order valence-corrected chi connectivity index (χ3v) is 5.00. The lowest BCUT2D eigenvalue weighted by atomic mass is 9.73. The summed E-state index contributed by atoms with van der Waals surface area (Å²) in [5, 5.41) is 8.37. The largest absolute Gasteiger partial charge is 0.307 e. The van der Waals surface area contributed by atoms with E-state index in [-0.39, 0.29) is 0 Å². The Morgan fingerprint density at radius 3 is 2.55 bits per heavy atom. The van der Waals surface area contributed by atoms with E-state index in [0.29, 0.717) is 12.1 Å². The molecule has 0 aliphatic heterocycles. The maximum absolute atomic E-state index is 4.47. The van der Waals surface area contributed by atoms with Crippen molar-refractivity contribution in [1.82, 2.24) is 15.1 Å². The molecule has 114 valence electrons. The summed E-state index contributed by atoms with van der Waals surface area (Å²) in [5.74, 6) is 2.43. The van der Waals surface area contributed by atoms with Crippen LogP contribution in [0.15, 0.2) is 6.20 Å². The molecular formula is C17H31N3. The van der Waals surface area contributed by atoms with Crippen LogP contribution >= 0.6 is 0 Å². The van der Waals surface area contributed by atoms with Crippen molar-refractivity contribution in [3.05, 3.63) is 17.5 Å². The second kappa shape index (κ2) is 6.30. The van der Waals surface area contributed by atoms with Gasteiger partial charge in [0.1, 0.15) is 0 Å². The Morgan fingerprint density at radius 2 is 2.00 bits per heavy atom. The molecule has 0 amide bonds. The first-order valence-electron chi connectivity index (χ1n) is 8.14. The summed E-state index contributed by atoms with van der Waals surface area (Å²) in [6, 6.07) is 1.04. The molecule has 1 aromatic heterocycles. The van der Waals surface area contributed by atoms with Gasteiger partial charge in [-0.2, -0.15) is 5.10 Å². The van der Waals surface area contributed by atoms with Gasteiger partial charge in [-0.15, -0.1) is 0 Å². The highest BCUT2D eigenvalue weighted by Gasteiger charge is 2.31. The maximum Gasteiger partial charge on any atom is 0.0641 e. The third kappa shape index (κ3) is 3.43. The quantitative estimate of drug-likeness (QED) is 0.906. The van der Waals surface area contributed by atoms with E-state index in [9.17, 15) is 0 Å². The highest BCUT2D eigenvalue weighted by molar-refractivity contribution is 5.19. The van der Waals surface area contributed by atoms with E-state index in [1.807, 2.05) is 11.7 Å². The maximum atomic E-state index is 4.47. The molecule has 4 atom stereocenters. The highest BCUT2D eigenvalue weighted by Crippen LogP contribution is 2.34. The molecule has 1 fully saturated rings. The van der Waals surface area contributed by atoms with Crippen LogP contribution in [0.1, 0.15) is 64.3 Å². The van der Waals surface area contributed by atoms with E-state index in [2.05, 4.69) is 51.2 Å². The van der Waals surface area contributed by atoms with Crippen molar-refractivity contribution < 1.29 is 0 Å². The number of nitrogens with zero attached hydrogens (tertiary/aromatic N) is 2. The average molecular weight is 277 g/mol. The molecule has 1 aromatic rings. The lowest BCUT2D eigenvalue weighted by molar-refractivity contribution is 0.161. The van der Waals surface area contributed by atoms with Gasteiger partial charge < -0.3 is 5.32 Å². The predicted octanol–water partition coefficient (Wildman–Crippen LogP) is 3.84. The Morgan fingerprint density at radius 1 is 1.30 bits per heavy atom. The molecular weight excluding hydrogens is 246 g/mol. The minimum atomic E-state index is 0.389. The first-order valence-corrected chi connectivity index (χ1v) is 8.14. The van der Waals surface area contributed by atoms with Gasteiger partial charge in [-0.3, -0.25) is 4.68 Å². The summed E-state index contributed by atoms with van der Waals surface area (Å²) in [5.41, 5.74) is 2.49. The molecule has 3 heteroatoms. The SMILES string of the molecule is Cc1nn(C)cc1C(C)NC1CC(C)CCC1C(C)C. The van der Waals surface area contributed by atoms with Gasteiger partial charge in [-0.05, 0) is 44.4 Å². The molecule has 1 heterocycles. The Hall–Kier alpha value is -0.830. The minimum Gasteiger partial charge on any atom is -0.307 e. The molecule has 1 N–H and O–H groups in total. The fourth-order valence-corrected chi connectivity index (χ4v) is 3.85. The van der Waals surface area contributed by atoms with E-state index >= 15 is 0 Å². The lowest BCUT2D eigenvalue weighted by Gasteiger charge is -2.39. The average Bonchev–Trinajstić information content (AvgIpc) is 2.68. The first kappa shape index (κ1) is 15.6. The van der Waals surface area contributed by atoms with Crippen LogP contribution in [0.2, 0.25) is 0 Å². The molecule has 20 heavy (non-hydrogen) atoms. The second-order valence-corrected chi connectivity index (χ2v) is 7.16. The normalized spacial score (nSPS) is 28.9. The Balaban J connectivity index is 2.07. The van der Waals surface area contributed by atoms with Gasteiger partial charge in [0, 0.05) is 30.9 Å². The van der Waals surface area contributed by atoms with Crippen molar-refractivity contribution in [2.75, 3.05) is 0 Å². The van der Waals surface area contributed by atoms with Gasteiger partial charge in [0.2, 0.25) is 0 Å². The molecule has 1 aliphatic rings. The number of rotatable bonds is 4. The van der Waals surface area contributed by atoms with Gasteiger partial charge in [0.05, 0.1) is 5.69 Å². The first-order chi connectivity index (χ1) is 9.38. The van der Waals surface area contributed by atoms with Crippen LogP contribution < -0.4 is 5.32 Å². The fourth-order valence-electron chi connectivity index (χ4n) is 3.85. The monoisotopic (exact) mass is 277 g/mol. The van der Waals surface area contributed by atoms with Gasteiger partial charge in [0.25, 0.3) is 0 Å². The van der Waals surface area contributed by atoms with E-state index in [0.717, 1.165) is 23.4 Å². The zero-order chi connectivity index (χ0) is 14.9. The van der Waals surface area contributed by atoms with Crippen LogP contribution in [0.5, 0.6) is 0 Å². The molecule has 2 rings (SSSR count). The van der Waals surface area contributed by atoms with E-state index in [1.54, 1.807) is 0 Å². The molecule has 1 saturated carbocycles. The van der Waals surface area contributed by atoms with E-state index < -0.39 is 0 Å². The zero-order valence-corrected chi connectivity index (χ0v) is 14.0. The summed E-state index contributed by atoms with van der Waals surface area (Å²) in [6.45, 7) is 11.5. The number of nitrogens with one attached hydrogen (secondary N) is 1. The number of hydrogen-bond acceptors (Lipinski definition) is 2. The number of hydrogen-bond donors (Lipinski definition) is 1. The molecule has 3 nitrogen and oxygen atoms in total. The predicted molar refractivity (Wildman–Crippen MR) is 84.6 cm³/mol. The van der Waals surface area contributed by atoms with Crippen LogP contribution in [-0.4, -0.2) is 15.8 Å². The summed E-state index contributed by atoms with van der Waals surface area (Å²) < 4.78 is 1.92. The summed E-state index contributed by atoms with van der Waals surface area (Å²) in [4.78, 5) is 0. The van der Waals surface area contributed by atoms with Gasteiger partial charge in [0.15, 0.2) is 0 Å². The Bertz CT molecular complexity index is 435. The molecule has 0 spiro atoms. The molecule has 0 saturated heterocycles. The molecule has 0 radical (unpaired) electrons. The van der Waals surface area contributed by atoms with Crippen LogP contribution in [0.3, 0.4) is 0 Å². The van der Waals surface area contributed by atoms with Gasteiger partial charge in [-0.1, -0.05) is 27.2 Å². The van der Waals surface area contributed by atoms with Crippen molar-refractivity contribution in [1.29, 1.82) is 0 Å². The second-order valence-electron chi connectivity index (χ2n) is 7.16. The third-order valence-electron chi connectivity index (χ3n) is 5.00. The Labute approximate surface area is 124 Å².